The SMILES string of the molecule is COc1cccc(C(C)NC(=O)c2ccc3c(c2)c(C)c(C)n3Cc2ccc(-c3ccccc3C(=O)OC(C)(C)C)cc2)c1. The van der Waals surface area contributed by atoms with Crippen LogP contribution in [0.5, 0.6) is 5.75 Å². The summed E-state index contributed by atoms with van der Waals surface area (Å²) >= 11 is 0. The lowest BCUT2D eigenvalue weighted by Crippen LogP contribution is -2.26. The van der Waals surface area contributed by atoms with Crippen LogP contribution in [-0.2, 0) is 11.3 Å². The Kier molecular flexibility index (Phi) is 8.63. The van der Waals surface area contributed by atoms with Gasteiger partial charge < -0.3 is 19.4 Å². The molecule has 0 saturated heterocycles. The number of amides is 1. The molecule has 1 aromatic heterocycles. The minimum Gasteiger partial charge on any atom is -0.497 e. The number of aryl methyl sites for hydroxylation is 1. The van der Waals surface area contributed by atoms with Crippen molar-refractivity contribution in [3.8, 4) is 16.9 Å². The molecule has 0 aliphatic rings. The maximum atomic E-state index is 13.2. The summed E-state index contributed by atoms with van der Waals surface area (Å²) in [6.07, 6.45) is 0. The summed E-state index contributed by atoms with van der Waals surface area (Å²) in [6, 6.07) is 29.3. The number of hydrogen-bond acceptors (Lipinski definition) is 4. The van der Waals surface area contributed by atoms with E-state index in [4.69, 9.17) is 9.47 Å². The van der Waals surface area contributed by atoms with Crippen LogP contribution in [0, 0.1) is 13.8 Å². The molecule has 0 radical (unpaired) electrons. The van der Waals surface area contributed by atoms with Crippen LogP contribution in [0.2, 0.25) is 0 Å². The quantitative estimate of drug-likeness (QED) is 0.185. The maximum absolute atomic E-state index is 13.2. The molecule has 6 nitrogen and oxygen atoms in total. The van der Waals surface area contributed by atoms with Gasteiger partial charge >= 0.3 is 5.97 Å². The average Bonchev–Trinajstić information content (AvgIpc) is 3.24. The van der Waals surface area contributed by atoms with Crippen molar-refractivity contribution in [3.63, 3.8) is 0 Å². The van der Waals surface area contributed by atoms with Gasteiger partial charge in [0.1, 0.15) is 11.4 Å². The van der Waals surface area contributed by atoms with E-state index in [0.717, 1.165) is 50.2 Å². The standard InChI is InChI=1S/C38H40N2O4/c1-24-26(3)40(23-27-15-17-28(18-16-27)32-13-8-9-14-33(32)37(42)44-38(4,5)6)35-20-19-30(22-34(24)35)36(41)39-25(2)29-11-10-12-31(21-29)43-7/h8-22,25H,23H2,1-7H3,(H,39,41). The van der Waals surface area contributed by atoms with Crippen LogP contribution in [0.25, 0.3) is 22.0 Å². The largest absolute Gasteiger partial charge is 0.497 e. The minimum atomic E-state index is -0.566. The third-order valence-electron chi connectivity index (χ3n) is 7.99. The van der Waals surface area contributed by atoms with Gasteiger partial charge in [-0.05, 0) is 106 Å². The second kappa shape index (κ2) is 12.4. The van der Waals surface area contributed by atoms with Gasteiger partial charge in [0.25, 0.3) is 5.91 Å². The van der Waals surface area contributed by atoms with E-state index in [2.05, 4.69) is 48.0 Å². The van der Waals surface area contributed by atoms with Crippen molar-refractivity contribution in [2.75, 3.05) is 7.11 Å². The molecule has 0 spiro atoms. The Hall–Kier alpha value is -4.84. The molecule has 0 bridgehead atoms. The zero-order valence-corrected chi connectivity index (χ0v) is 26.5. The fourth-order valence-corrected chi connectivity index (χ4v) is 5.49. The molecule has 1 unspecified atom stereocenters. The van der Waals surface area contributed by atoms with Crippen molar-refractivity contribution in [2.24, 2.45) is 0 Å². The first-order valence-corrected chi connectivity index (χ1v) is 14.9. The predicted molar refractivity (Wildman–Crippen MR) is 176 cm³/mol. The minimum absolute atomic E-state index is 0.116. The number of nitrogens with one attached hydrogen (secondary N) is 1. The lowest BCUT2D eigenvalue weighted by atomic mass is 9.98. The molecule has 4 aromatic carbocycles. The molecule has 226 valence electrons. The molecule has 1 amide bonds. The molecule has 0 aliphatic heterocycles. The Morgan fingerprint density at radius 2 is 1.61 bits per heavy atom. The van der Waals surface area contributed by atoms with E-state index in [1.54, 1.807) is 7.11 Å². The third-order valence-corrected chi connectivity index (χ3v) is 7.99. The summed E-state index contributed by atoms with van der Waals surface area (Å²) in [5, 5.41) is 4.18. The Morgan fingerprint density at radius 3 is 2.32 bits per heavy atom. The van der Waals surface area contributed by atoms with Gasteiger partial charge in [-0.1, -0.05) is 54.6 Å². The van der Waals surface area contributed by atoms with E-state index in [1.807, 2.05) is 94.4 Å². The monoisotopic (exact) mass is 588 g/mol. The van der Waals surface area contributed by atoms with E-state index >= 15 is 0 Å². The molecule has 5 rings (SSSR count). The van der Waals surface area contributed by atoms with Gasteiger partial charge in [-0.2, -0.15) is 0 Å². The van der Waals surface area contributed by atoms with Crippen LogP contribution < -0.4 is 10.1 Å². The fraction of sp³-hybridized carbons (Fsp3) is 0.263. The highest BCUT2D eigenvalue weighted by molar-refractivity contribution is 5.99. The van der Waals surface area contributed by atoms with E-state index in [9.17, 15) is 9.59 Å². The molecular weight excluding hydrogens is 548 g/mol. The van der Waals surface area contributed by atoms with E-state index in [-0.39, 0.29) is 17.9 Å². The van der Waals surface area contributed by atoms with E-state index in [1.165, 1.54) is 0 Å². The fourth-order valence-electron chi connectivity index (χ4n) is 5.49. The predicted octanol–water partition coefficient (Wildman–Crippen LogP) is 8.43. The molecule has 44 heavy (non-hydrogen) atoms. The van der Waals surface area contributed by atoms with Crippen LogP contribution in [0.1, 0.15) is 76.8 Å². The Balaban J connectivity index is 1.36. The molecule has 0 fully saturated rings. The van der Waals surface area contributed by atoms with Gasteiger partial charge in [0.2, 0.25) is 0 Å². The third kappa shape index (κ3) is 6.55. The molecule has 1 heterocycles. The normalized spacial score (nSPS) is 12.2. The molecule has 0 saturated carbocycles. The second-order valence-electron chi connectivity index (χ2n) is 12.2. The van der Waals surface area contributed by atoms with Gasteiger partial charge in [-0.15, -0.1) is 0 Å². The number of hydrogen-bond donors (Lipinski definition) is 1. The van der Waals surface area contributed by atoms with Crippen molar-refractivity contribution in [3.05, 3.63) is 125 Å². The summed E-state index contributed by atoms with van der Waals surface area (Å²) in [5.74, 6) is 0.317. The zero-order chi connectivity index (χ0) is 31.6. The Morgan fingerprint density at radius 1 is 0.886 bits per heavy atom. The number of rotatable bonds is 8. The molecule has 1 N–H and O–H groups in total. The number of aromatic nitrogens is 1. The zero-order valence-electron chi connectivity index (χ0n) is 26.5. The lowest BCUT2D eigenvalue weighted by Gasteiger charge is -2.20. The summed E-state index contributed by atoms with van der Waals surface area (Å²) in [7, 11) is 1.64. The molecule has 0 aliphatic carbocycles. The number of fused-ring (bicyclic) bond motifs is 1. The Labute approximate surface area is 259 Å². The van der Waals surface area contributed by atoms with Crippen molar-refractivity contribution >= 4 is 22.8 Å². The first-order valence-electron chi connectivity index (χ1n) is 14.9. The average molecular weight is 589 g/mol. The number of benzene rings is 4. The smallest absolute Gasteiger partial charge is 0.339 e. The first kappa shape index (κ1) is 30.6. The van der Waals surface area contributed by atoms with Gasteiger partial charge in [0, 0.05) is 28.7 Å². The van der Waals surface area contributed by atoms with Crippen molar-refractivity contribution in [1.82, 2.24) is 9.88 Å². The van der Waals surface area contributed by atoms with E-state index < -0.39 is 5.60 Å². The van der Waals surface area contributed by atoms with Crippen LogP contribution in [0.4, 0.5) is 0 Å². The number of carbonyl (C=O) groups excluding carboxylic acids is 2. The second-order valence-corrected chi connectivity index (χ2v) is 12.2. The van der Waals surface area contributed by atoms with E-state index in [0.29, 0.717) is 17.7 Å². The van der Waals surface area contributed by atoms with Crippen LogP contribution >= 0.6 is 0 Å². The summed E-state index contributed by atoms with van der Waals surface area (Å²) in [4.78, 5) is 26.1. The highest BCUT2D eigenvalue weighted by Gasteiger charge is 2.21. The Bertz CT molecular complexity index is 1830. The lowest BCUT2D eigenvalue weighted by molar-refractivity contribution is 0.00703. The molecule has 1 atom stereocenters. The molecule has 6 heteroatoms. The number of nitrogens with zero attached hydrogens (tertiary/aromatic N) is 1. The van der Waals surface area contributed by atoms with Crippen LogP contribution in [0.3, 0.4) is 0 Å². The first-order chi connectivity index (χ1) is 20.9. The van der Waals surface area contributed by atoms with Gasteiger partial charge in [0.15, 0.2) is 0 Å². The van der Waals surface area contributed by atoms with Crippen LogP contribution in [-0.4, -0.2) is 29.2 Å². The number of esters is 1. The number of carbonyl (C=O) groups is 2. The maximum Gasteiger partial charge on any atom is 0.339 e. The highest BCUT2D eigenvalue weighted by atomic mass is 16.6. The van der Waals surface area contributed by atoms with Crippen molar-refractivity contribution in [2.45, 2.75) is 59.7 Å². The summed E-state index contributed by atoms with van der Waals surface area (Å²) < 4.78 is 13.3. The van der Waals surface area contributed by atoms with Gasteiger partial charge in [0.05, 0.1) is 18.7 Å². The van der Waals surface area contributed by atoms with Crippen LogP contribution in [0.15, 0.2) is 91.0 Å². The highest BCUT2D eigenvalue weighted by Crippen LogP contribution is 2.30. The van der Waals surface area contributed by atoms with Gasteiger partial charge in [-0.25, -0.2) is 4.79 Å². The number of methoxy groups -OCH3 is 1. The van der Waals surface area contributed by atoms with Gasteiger partial charge in [-0.3, -0.25) is 4.79 Å². The summed E-state index contributed by atoms with van der Waals surface area (Å²) in [6.45, 7) is 12.5. The number of ether oxygens (including phenoxy) is 2. The summed E-state index contributed by atoms with van der Waals surface area (Å²) in [5.41, 5.74) is 7.92. The molecule has 5 aromatic rings. The van der Waals surface area contributed by atoms with Crippen molar-refractivity contribution < 1.29 is 19.1 Å². The topological polar surface area (TPSA) is 69.6 Å². The molecular formula is C38H40N2O4. The van der Waals surface area contributed by atoms with Crippen molar-refractivity contribution in [1.29, 1.82) is 0 Å².